The highest BCUT2D eigenvalue weighted by Gasteiger charge is 2.35. The van der Waals surface area contributed by atoms with Crippen molar-refractivity contribution >= 4 is 35.3 Å². The zero-order valence-corrected chi connectivity index (χ0v) is 22.0. The van der Waals surface area contributed by atoms with Gasteiger partial charge in [-0.25, -0.2) is 5.43 Å². The number of ether oxygens (including phenoxy) is 2. The lowest BCUT2D eigenvalue weighted by Crippen LogP contribution is -2.30. The van der Waals surface area contributed by atoms with Gasteiger partial charge < -0.3 is 19.7 Å². The fraction of sp³-hybridized carbons (Fsp3) is 0.241. The highest BCUT2D eigenvalue weighted by Crippen LogP contribution is 2.31. The van der Waals surface area contributed by atoms with E-state index in [1.165, 1.54) is 18.3 Å². The Morgan fingerprint density at radius 3 is 2.39 bits per heavy atom. The smallest absolute Gasteiger partial charge is 0.416 e. The number of carbonyl (C=O) groups excluding carboxylic acids is 3. The number of carbonyl (C=O) groups is 3. The van der Waals surface area contributed by atoms with Crippen molar-refractivity contribution < 1.29 is 37.0 Å². The van der Waals surface area contributed by atoms with Gasteiger partial charge in [-0.2, -0.15) is 18.3 Å². The van der Waals surface area contributed by atoms with Crippen LogP contribution in [0.1, 0.15) is 24.5 Å². The Labute approximate surface area is 233 Å². The molecule has 1 atom stereocenters. The monoisotopic (exact) mass is 568 g/mol. The maximum Gasteiger partial charge on any atom is 0.416 e. The number of halogens is 3. The maximum absolute atomic E-state index is 12.8. The van der Waals surface area contributed by atoms with Gasteiger partial charge in [0.25, 0.3) is 5.91 Å². The molecule has 1 aliphatic heterocycles. The van der Waals surface area contributed by atoms with Crippen molar-refractivity contribution in [2.75, 3.05) is 30.0 Å². The molecule has 1 heterocycles. The van der Waals surface area contributed by atoms with Crippen LogP contribution in [0.15, 0.2) is 77.9 Å². The molecule has 4 rings (SSSR count). The summed E-state index contributed by atoms with van der Waals surface area (Å²) in [5.41, 5.74) is 2.92. The highest BCUT2D eigenvalue weighted by atomic mass is 19.4. The van der Waals surface area contributed by atoms with Gasteiger partial charge >= 0.3 is 6.18 Å². The van der Waals surface area contributed by atoms with Crippen molar-refractivity contribution in [2.24, 2.45) is 11.0 Å². The van der Waals surface area contributed by atoms with E-state index in [0.717, 1.165) is 12.1 Å². The lowest BCUT2D eigenvalue weighted by Gasteiger charge is -2.17. The number of anilines is 2. The lowest BCUT2D eigenvalue weighted by atomic mass is 10.1. The Hall–Kier alpha value is -4.87. The summed E-state index contributed by atoms with van der Waals surface area (Å²) in [6.45, 7) is 2.25. The number of benzene rings is 3. The minimum absolute atomic E-state index is 0.00729. The first-order chi connectivity index (χ1) is 19.6. The first kappa shape index (κ1) is 29.1. The van der Waals surface area contributed by atoms with Crippen molar-refractivity contribution in [2.45, 2.75) is 19.5 Å². The van der Waals surface area contributed by atoms with E-state index >= 15 is 0 Å². The first-order valence-corrected chi connectivity index (χ1v) is 12.7. The van der Waals surface area contributed by atoms with Crippen LogP contribution in [-0.4, -0.2) is 43.7 Å². The van der Waals surface area contributed by atoms with Crippen LogP contribution in [-0.2, 0) is 20.6 Å². The fourth-order valence-corrected chi connectivity index (χ4v) is 4.05. The number of hydrogen-bond acceptors (Lipinski definition) is 6. The molecule has 1 fully saturated rings. The van der Waals surface area contributed by atoms with Gasteiger partial charge in [0.1, 0.15) is 11.5 Å². The topological polar surface area (TPSA) is 109 Å². The molecule has 0 spiro atoms. The second kappa shape index (κ2) is 13.0. The Morgan fingerprint density at radius 1 is 1.02 bits per heavy atom. The van der Waals surface area contributed by atoms with Crippen molar-refractivity contribution in [3.8, 4) is 11.5 Å². The van der Waals surface area contributed by atoms with E-state index in [-0.39, 0.29) is 30.5 Å². The van der Waals surface area contributed by atoms with Gasteiger partial charge in [-0.05, 0) is 79.2 Å². The quantitative estimate of drug-likeness (QED) is 0.274. The number of nitrogens with one attached hydrogen (secondary N) is 2. The van der Waals surface area contributed by atoms with Crippen LogP contribution < -0.4 is 25.1 Å². The molecule has 0 aliphatic carbocycles. The predicted molar refractivity (Wildman–Crippen MR) is 146 cm³/mol. The first-order valence-electron chi connectivity index (χ1n) is 12.7. The summed E-state index contributed by atoms with van der Waals surface area (Å²) in [7, 11) is 0. The van der Waals surface area contributed by atoms with E-state index in [1.54, 1.807) is 53.4 Å². The van der Waals surface area contributed by atoms with Gasteiger partial charge in [-0.15, -0.1) is 0 Å². The van der Waals surface area contributed by atoms with Crippen LogP contribution in [0.3, 0.4) is 0 Å². The molecule has 0 unspecified atom stereocenters. The normalized spacial score (nSPS) is 15.2. The van der Waals surface area contributed by atoms with Gasteiger partial charge in [0.15, 0.2) is 6.61 Å². The lowest BCUT2D eigenvalue weighted by molar-refractivity contribution is -0.137. The zero-order valence-electron chi connectivity index (χ0n) is 22.0. The van der Waals surface area contributed by atoms with Crippen LogP contribution in [0.25, 0.3) is 0 Å². The summed E-state index contributed by atoms with van der Waals surface area (Å²) in [4.78, 5) is 38.7. The molecule has 3 amide bonds. The van der Waals surface area contributed by atoms with Crippen LogP contribution >= 0.6 is 0 Å². The number of alkyl halides is 3. The Morgan fingerprint density at radius 2 is 1.71 bits per heavy atom. The molecule has 2 N–H and O–H groups in total. The largest absolute Gasteiger partial charge is 0.494 e. The molecule has 9 nitrogen and oxygen atoms in total. The Balaban J connectivity index is 1.22. The van der Waals surface area contributed by atoms with Crippen LogP contribution in [0.4, 0.5) is 24.5 Å². The van der Waals surface area contributed by atoms with Crippen molar-refractivity contribution in [3.63, 3.8) is 0 Å². The molecular weight excluding hydrogens is 541 g/mol. The molecule has 1 saturated heterocycles. The van der Waals surface area contributed by atoms with Gasteiger partial charge in [0.2, 0.25) is 11.8 Å². The molecule has 3 aromatic carbocycles. The van der Waals surface area contributed by atoms with Gasteiger partial charge in [-0.1, -0.05) is 6.07 Å². The van der Waals surface area contributed by atoms with E-state index in [9.17, 15) is 27.6 Å². The summed E-state index contributed by atoms with van der Waals surface area (Å²) < 4.78 is 49.3. The summed E-state index contributed by atoms with van der Waals surface area (Å²) in [6.07, 6.45) is -3.02. The molecule has 0 radical (unpaired) electrons. The van der Waals surface area contributed by atoms with Crippen molar-refractivity contribution in [1.82, 2.24) is 5.43 Å². The third-order valence-electron chi connectivity index (χ3n) is 6.07. The van der Waals surface area contributed by atoms with E-state index in [0.29, 0.717) is 29.4 Å². The highest BCUT2D eigenvalue weighted by molar-refractivity contribution is 6.00. The summed E-state index contributed by atoms with van der Waals surface area (Å²) >= 11 is 0. The van der Waals surface area contributed by atoms with Crippen LogP contribution in [0, 0.1) is 5.92 Å². The molecule has 12 heteroatoms. The van der Waals surface area contributed by atoms with Crippen LogP contribution in [0.5, 0.6) is 11.5 Å². The number of hydrazone groups is 1. The SMILES string of the molecule is CCOc1ccc(N2C[C@H](C(=O)N/N=C\c3ccc(OCC(=O)Nc4cccc(C(F)(F)F)c4)cc3)CC2=O)cc1. The van der Waals surface area contributed by atoms with E-state index in [2.05, 4.69) is 15.8 Å². The van der Waals surface area contributed by atoms with E-state index in [1.807, 2.05) is 6.92 Å². The molecule has 0 aromatic heterocycles. The van der Waals surface area contributed by atoms with Gasteiger partial charge in [-0.3, -0.25) is 14.4 Å². The predicted octanol–water partition coefficient (Wildman–Crippen LogP) is 4.62. The molecular formula is C29H27F3N4O5. The minimum atomic E-state index is -4.51. The Bertz CT molecular complexity index is 1410. The van der Waals surface area contributed by atoms with E-state index in [4.69, 9.17) is 9.47 Å². The standard InChI is InChI=1S/C29H27F3N4O5/c1-2-40-24-12-8-23(9-13-24)36-17-20(14-27(36)38)28(39)35-33-16-19-6-10-25(11-7-19)41-18-26(37)34-22-5-3-4-21(15-22)29(30,31)32/h3-13,15-16,20H,2,14,17-18H2,1H3,(H,34,37)(H,35,39)/b33-16-/t20-/m1/s1. The maximum atomic E-state index is 12.8. The fourth-order valence-electron chi connectivity index (χ4n) is 4.05. The summed E-state index contributed by atoms with van der Waals surface area (Å²) in [6, 6.07) is 17.8. The molecule has 0 bridgehead atoms. The van der Waals surface area contributed by atoms with Crippen molar-refractivity contribution in [3.05, 3.63) is 83.9 Å². The molecule has 3 aromatic rings. The average molecular weight is 569 g/mol. The number of hydrogen-bond donors (Lipinski definition) is 2. The third-order valence-corrected chi connectivity index (χ3v) is 6.07. The second-order valence-electron chi connectivity index (χ2n) is 9.05. The summed E-state index contributed by atoms with van der Waals surface area (Å²) in [5.74, 6) is -0.657. The van der Waals surface area contributed by atoms with E-state index < -0.39 is 30.2 Å². The van der Waals surface area contributed by atoms with Gasteiger partial charge in [0.05, 0.1) is 24.3 Å². The van der Waals surface area contributed by atoms with Crippen molar-refractivity contribution in [1.29, 1.82) is 0 Å². The molecule has 1 aliphatic rings. The number of nitrogens with zero attached hydrogens (tertiary/aromatic N) is 2. The summed E-state index contributed by atoms with van der Waals surface area (Å²) in [5, 5.41) is 6.32. The van der Waals surface area contributed by atoms with Crippen LogP contribution in [0.2, 0.25) is 0 Å². The van der Waals surface area contributed by atoms with Gasteiger partial charge in [0, 0.05) is 24.3 Å². The molecule has 41 heavy (non-hydrogen) atoms. The second-order valence-corrected chi connectivity index (χ2v) is 9.05. The molecule has 214 valence electrons. The Kier molecular flexibility index (Phi) is 9.23. The number of rotatable bonds is 10. The minimum Gasteiger partial charge on any atom is -0.494 e. The number of amides is 3. The average Bonchev–Trinajstić information content (AvgIpc) is 3.34. The zero-order chi connectivity index (χ0) is 29.4. The third kappa shape index (κ3) is 8.07. The molecule has 0 saturated carbocycles.